The van der Waals surface area contributed by atoms with Crippen molar-refractivity contribution >= 4 is 50.2 Å². The van der Waals surface area contributed by atoms with Crippen LogP contribution < -0.4 is 4.74 Å². The molecule has 0 fully saturated rings. The van der Waals surface area contributed by atoms with Crippen LogP contribution in [0.2, 0.25) is 0 Å². The van der Waals surface area contributed by atoms with Gasteiger partial charge >= 0.3 is 0 Å². The molecule has 0 aliphatic rings. The number of hydrogen-bond donors (Lipinski definition) is 0. The highest BCUT2D eigenvalue weighted by atomic mass is 32.2. The van der Waals surface area contributed by atoms with Crippen molar-refractivity contribution in [3.05, 3.63) is 71.1 Å². The normalized spacial score (nSPS) is 11.6. The predicted octanol–water partition coefficient (Wildman–Crippen LogP) is 6.90. The van der Waals surface area contributed by atoms with Gasteiger partial charge in [-0.2, -0.15) is 5.26 Å². The Morgan fingerprint density at radius 2 is 1.96 bits per heavy atom. The van der Waals surface area contributed by atoms with E-state index in [1.807, 2.05) is 48.5 Å². The minimum atomic E-state index is 0.594. The van der Waals surface area contributed by atoms with Gasteiger partial charge in [-0.25, -0.2) is 4.98 Å². The first-order valence-corrected chi connectivity index (χ1v) is 10.7. The number of para-hydroxylation sites is 1. The van der Waals surface area contributed by atoms with Crippen LogP contribution >= 0.6 is 23.1 Å². The molecule has 1 heterocycles. The van der Waals surface area contributed by atoms with E-state index in [-0.39, 0.29) is 0 Å². The van der Waals surface area contributed by atoms with Crippen LogP contribution in [0.25, 0.3) is 27.1 Å². The molecular formula is C23H18N2OS2. The number of nitrogens with zero attached hydrogens (tertiary/aromatic N) is 2. The van der Waals surface area contributed by atoms with Crippen LogP contribution in [0, 0.1) is 11.3 Å². The van der Waals surface area contributed by atoms with E-state index >= 15 is 0 Å². The van der Waals surface area contributed by atoms with Gasteiger partial charge in [0, 0.05) is 5.56 Å². The van der Waals surface area contributed by atoms with Gasteiger partial charge in [0.25, 0.3) is 0 Å². The number of ether oxygens (including phenoxy) is 1. The highest BCUT2D eigenvalue weighted by molar-refractivity contribution is 8.05. The van der Waals surface area contributed by atoms with Gasteiger partial charge in [-0.15, -0.1) is 11.3 Å². The quantitative estimate of drug-likeness (QED) is 0.260. The number of allylic oxidation sites excluding steroid dienone is 1. The molecule has 0 amide bonds. The molecule has 1 aromatic heterocycles. The number of rotatable bonds is 6. The van der Waals surface area contributed by atoms with Crippen LogP contribution in [0.4, 0.5) is 0 Å². The third kappa shape index (κ3) is 3.89. The molecular weight excluding hydrogens is 384 g/mol. The lowest BCUT2D eigenvalue weighted by atomic mass is 10.0. The lowest BCUT2D eigenvalue weighted by molar-refractivity contribution is 0.317. The summed E-state index contributed by atoms with van der Waals surface area (Å²) in [6, 6.07) is 22.6. The highest BCUT2D eigenvalue weighted by Gasteiger charge is 2.11. The Labute approximate surface area is 172 Å². The second kappa shape index (κ2) is 8.47. The van der Waals surface area contributed by atoms with Crippen LogP contribution in [0.3, 0.4) is 0 Å². The Morgan fingerprint density at radius 3 is 2.79 bits per heavy atom. The van der Waals surface area contributed by atoms with Crippen molar-refractivity contribution in [3.8, 4) is 11.8 Å². The second-order valence-electron chi connectivity index (χ2n) is 6.22. The first-order valence-electron chi connectivity index (χ1n) is 9.08. The SMILES string of the molecule is CCCOc1ccc2ccccc2c1/C=C(\C#N)Sc1nc2ccccc2s1. The second-order valence-corrected chi connectivity index (χ2v) is 8.54. The molecule has 0 atom stereocenters. The number of benzene rings is 3. The van der Waals surface area contributed by atoms with Crippen LogP contribution in [-0.4, -0.2) is 11.6 Å². The van der Waals surface area contributed by atoms with Crippen molar-refractivity contribution in [3.63, 3.8) is 0 Å². The van der Waals surface area contributed by atoms with E-state index in [0.717, 1.165) is 43.1 Å². The highest BCUT2D eigenvalue weighted by Crippen LogP contribution is 2.37. The van der Waals surface area contributed by atoms with Crippen molar-refractivity contribution in [1.82, 2.24) is 4.98 Å². The average Bonchev–Trinajstić information content (AvgIpc) is 3.14. The summed E-state index contributed by atoms with van der Waals surface area (Å²) >= 11 is 3.00. The Bertz CT molecular complexity index is 1170. The third-order valence-corrected chi connectivity index (χ3v) is 6.28. The van der Waals surface area contributed by atoms with Crippen molar-refractivity contribution in [2.24, 2.45) is 0 Å². The Kier molecular flexibility index (Phi) is 5.61. The first kappa shape index (κ1) is 18.5. The number of fused-ring (bicyclic) bond motifs is 2. The van der Waals surface area contributed by atoms with E-state index in [4.69, 9.17) is 4.74 Å². The summed E-state index contributed by atoms with van der Waals surface area (Å²) in [5.41, 5.74) is 1.90. The summed E-state index contributed by atoms with van der Waals surface area (Å²) in [4.78, 5) is 5.23. The molecule has 0 saturated carbocycles. The molecule has 0 saturated heterocycles. The number of thiazole rings is 1. The zero-order chi connectivity index (χ0) is 19.3. The lowest BCUT2D eigenvalue weighted by Gasteiger charge is -2.12. The van der Waals surface area contributed by atoms with Gasteiger partial charge < -0.3 is 4.74 Å². The molecule has 138 valence electrons. The molecule has 0 bridgehead atoms. The Balaban J connectivity index is 1.76. The summed E-state index contributed by atoms with van der Waals surface area (Å²) in [7, 11) is 0. The molecule has 0 spiro atoms. The van der Waals surface area contributed by atoms with Gasteiger partial charge in [-0.05, 0) is 53.2 Å². The summed E-state index contributed by atoms with van der Waals surface area (Å²) in [6.45, 7) is 2.73. The van der Waals surface area contributed by atoms with Crippen LogP contribution in [-0.2, 0) is 0 Å². The Hall–Kier alpha value is -2.81. The maximum Gasteiger partial charge on any atom is 0.156 e. The number of aromatic nitrogens is 1. The molecule has 4 aromatic rings. The van der Waals surface area contributed by atoms with E-state index in [9.17, 15) is 5.26 Å². The summed E-state index contributed by atoms with van der Waals surface area (Å²) in [5, 5.41) is 12.0. The third-order valence-electron chi connectivity index (χ3n) is 4.25. The fourth-order valence-electron chi connectivity index (χ4n) is 2.97. The lowest BCUT2D eigenvalue weighted by Crippen LogP contribution is -1.97. The van der Waals surface area contributed by atoms with E-state index < -0.39 is 0 Å². The minimum Gasteiger partial charge on any atom is -0.493 e. The number of thioether (sulfide) groups is 1. The smallest absolute Gasteiger partial charge is 0.156 e. The van der Waals surface area contributed by atoms with Gasteiger partial charge in [-0.1, -0.05) is 49.4 Å². The minimum absolute atomic E-state index is 0.594. The van der Waals surface area contributed by atoms with Crippen molar-refractivity contribution in [2.75, 3.05) is 6.61 Å². The van der Waals surface area contributed by atoms with E-state index in [2.05, 4.69) is 36.2 Å². The first-order chi connectivity index (χ1) is 13.8. The van der Waals surface area contributed by atoms with Gasteiger partial charge in [0.05, 0.1) is 21.7 Å². The molecule has 28 heavy (non-hydrogen) atoms. The molecule has 4 rings (SSSR count). The van der Waals surface area contributed by atoms with Crippen molar-refractivity contribution < 1.29 is 4.74 Å². The van der Waals surface area contributed by atoms with E-state index in [1.54, 1.807) is 11.3 Å². The summed E-state index contributed by atoms with van der Waals surface area (Å²) < 4.78 is 7.95. The molecule has 3 nitrogen and oxygen atoms in total. The molecule has 0 N–H and O–H groups in total. The van der Waals surface area contributed by atoms with Gasteiger partial charge in [-0.3, -0.25) is 0 Å². The predicted molar refractivity (Wildman–Crippen MR) is 119 cm³/mol. The molecule has 0 aliphatic carbocycles. The van der Waals surface area contributed by atoms with Crippen molar-refractivity contribution in [2.45, 2.75) is 17.7 Å². The van der Waals surface area contributed by atoms with Crippen molar-refractivity contribution in [1.29, 1.82) is 5.26 Å². The topological polar surface area (TPSA) is 45.9 Å². The molecule has 3 aromatic carbocycles. The molecule has 0 unspecified atom stereocenters. The van der Waals surface area contributed by atoms with E-state index in [0.29, 0.717) is 11.5 Å². The van der Waals surface area contributed by atoms with Crippen LogP contribution in [0.15, 0.2) is 69.9 Å². The van der Waals surface area contributed by atoms with E-state index in [1.165, 1.54) is 11.8 Å². The average molecular weight is 403 g/mol. The maximum atomic E-state index is 9.76. The largest absolute Gasteiger partial charge is 0.493 e. The van der Waals surface area contributed by atoms with Gasteiger partial charge in [0.15, 0.2) is 4.34 Å². The zero-order valence-electron chi connectivity index (χ0n) is 15.4. The van der Waals surface area contributed by atoms with Crippen LogP contribution in [0.1, 0.15) is 18.9 Å². The Morgan fingerprint density at radius 1 is 1.14 bits per heavy atom. The molecule has 5 heteroatoms. The standard InChI is InChI=1S/C23H18N2OS2/c1-2-13-26-21-12-11-16-7-3-4-8-18(16)19(21)14-17(15-24)27-23-25-20-9-5-6-10-22(20)28-23/h3-12,14H,2,13H2,1H3/b17-14+. The monoisotopic (exact) mass is 402 g/mol. The maximum absolute atomic E-state index is 9.76. The van der Waals surface area contributed by atoms with Crippen LogP contribution in [0.5, 0.6) is 5.75 Å². The fourth-order valence-corrected chi connectivity index (χ4v) is 4.92. The summed E-state index contributed by atoms with van der Waals surface area (Å²) in [5.74, 6) is 0.804. The van der Waals surface area contributed by atoms with Gasteiger partial charge in [0.1, 0.15) is 11.8 Å². The number of nitriles is 1. The van der Waals surface area contributed by atoms with Gasteiger partial charge in [0.2, 0.25) is 0 Å². The molecule has 0 aliphatic heterocycles. The number of hydrogen-bond acceptors (Lipinski definition) is 5. The zero-order valence-corrected chi connectivity index (χ0v) is 17.0. The fraction of sp³-hybridized carbons (Fsp3) is 0.130. The summed E-state index contributed by atoms with van der Waals surface area (Å²) in [6.07, 6.45) is 2.85. The molecule has 0 radical (unpaired) electrons.